The standard InChI is InChI=1S/C14H18N4O4S/c15-23(20,21)18-8-6-17(7-9-18)14(19)12-10-13(22-16-12)11-4-2-1-3-5-11/h1-5,13H,6-10H2,(H2,15,20,21)/t13-/m0/s1. The lowest BCUT2D eigenvalue weighted by molar-refractivity contribution is -0.125. The van der Waals surface area contributed by atoms with Crippen LogP contribution >= 0.6 is 0 Å². The number of nitrogens with two attached hydrogens (primary N) is 1. The lowest BCUT2D eigenvalue weighted by Crippen LogP contribution is -2.53. The number of rotatable bonds is 3. The van der Waals surface area contributed by atoms with Crippen molar-refractivity contribution in [1.82, 2.24) is 9.21 Å². The van der Waals surface area contributed by atoms with Crippen LogP contribution in [0.25, 0.3) is 0 Å². The largest absolute Gasteiger partial charge is 0.387 e. The molecule has 0 unspecified atom stereocenters. The van der Waals surface area contributed by atoms with Crippen molar-refractivity contribution in [2.75, 3.05) is 26.2 Å². The first kappa shape index (κ1) is 15.9. The Morgan fingerprint density at radius 1 is 1.17 bits per heavy atom. The van der Waals surface area contributed by atoms with Crippen molar-refractivity contribution in [3.05, 3.63) is 35.9 Å². The van der Waals surface area contributed by atoms with E-state index in [-0.39, 0.29) is 25.1 Å². The van der Waals surface area contributed by atoms with Gasteiger partial charge in [-0.15, -0.1) is 0 Å². The lowest BCUT2D eigenvalue weighted by atomic mass is 10.0. The first-order valence-electron chi connectivity index (χ1n) is 7.30. The van der Waals surface area contributed by atoms with E-state index < -0.39 is 10.2 Å². The van der Waals surface area contributed by atoms with Crippen LogP contribution in [0.5, 0.6) is 0 Å². The number of benzene rings is 1. The van der Waals surface area contributed by atoms with Gasteiger partial charge in [0.1, 0.15) is 5.71 Å². The fourth-order valence-corrected chi connectivity index (χ4v) is 3.35. The topological polar surface area (TPSA) is 105 Å². The van der Waals surface area contributed by atoms with Gasteiger partial charge in [0.15, 0.2) is 6.10 Å². The van der Waals surface area contributed by atoms with E-state index in [1.165, 1.54) is 0 Å². The third-order valence-electron chi connectivity index (χ3n) is 3.97. The molecule has 0 aromatic heterocycles. The van der Waals surface area contributed by atoms with Crippen LogP contribution in [0.1, 0.15) is 18.1 Å². The molecule has 0 bridgehead atoms. The number of hydrogen-bond acceptors (Lipinski definition) is 5. The number of hydrogen-bond donors (Lipinski definition) is 1. The van der Waals surface area contributed by atoms with Gasteiger partial charge in [-0.3, -0.25) is 4.79 Å². The second-order valence-corrected chi connectivity index (χ2v) is 7.03. The summed E-state index contributed by atoms with van der Waals surface area (Å²) in [5, 5.41) is 8.99. The highest BCUT2D eigenvalue weighted by Gasteiger charge is 2.33. The monoisotopic (exact) mass is 338 g/mol. The normalized spacial score (nSPS) is 22.6. The van der Waals surface area contributed by atoms with Crippen molar-refractivity contribution in [2.24, 2.45) is 10.3 Å². The summed E-state index contributed by atoms with van der Waals surface area (Å²) in [5.41, 5.74) is 1.33. The molecule has 1 amide bonds. The summed E-state index contributed by atoms with van der Waals surface area (Å²) in [4.78, 5) is 19.4. The van der Waals surface area contributed by atoms with Gasteiger partial charge < -0.3 is 9.74 Å². The zero-order valence-electron chi connectivity index (χ0n) is 12.5. The molecule has 0 saturated carbocycles. The van der Waals surface area contributed by atoms with Crippen molar-refractivity contribution in [1.29, 1.82) is 0 Å². The average Bonchev–Trinajstić information content (AvgIpc) is 3.04. The Morgan fingerprint density at radius 3 is 2.43 bits per heavy atom. The van der Waals surface area contributed by atoms with E-state index in [9.17, 15) is 13.2 Å². The molecule has 1 aromatic carbocycles. The van der Waals surface area contributed by atoms with Crippen molar-refractivity contribution >= 4 is 21.8 Å². The molecule has 2 heterocycles. The van der Waals surface area contributed by atoms with Crippen molar-refractivity contribution in [2.45, 2.75) is 12.5 Å². The Morgan fingerprint density at radius 2 is 1.83 bits per heavy atom. The van der Waals surface area contributed by atoms with Crippen LogP contribution in [0.3, 0.4) is 0 Å². The highest BCUT2D eigenvalue weighted by Crippen LogP contribution is 2.27. The molecule has 1 atom stereocenters. The minimum atomic E-state index is -3.70. The maximum atomic E-state index is 12.4. The Bertz CT molecular complexity index is 712. The number of amides is 1. The van der Waals surface area contributed by atoms with Crippen molar-refractivity contribution < 1.29 is 18.0 Å². The molecule has 9 heteroatoms. The number of carbonyl (C=O) groups is 1. The van der Waals surface area contributed by atoms with Gasteiger partial charge >= 0.3 is 0 Å². The third-order valence-corrected chi connectivity index (χ3v) is 5.06. The van der Waals surface area contributed by atoms with E-state index in [0.29, 0.717) is 25.2 Å². The van der Waals surface area contributed by atoms with Crippen LogP contribution in [-0.2, 0) is 19.8 Å². The molecule has 1 fully saturated rings. The first-order valence-corrected chi connectivity index (χ1v) is 8.80. The lowest BCUT2D eigenvalue weighted by Gasteiger charge is -2.32. The van der Waals surface area contributed by atoms with E-state index in [0.717, 1.165) is 9.87 Å². The molecule has 23 heavy (non-hydrogen) atoms. The highest BCUT2D eigenvalue weighted by molar-refractivity contribution is 7.86. The molecular formula is C14H18N4O4S. The summed E-state index contributed by atoms with van der Waals surface area (Å²) < 4.78 is 23.7. The fraction of sp³-hybridized carbons (Fsp3) is 0.429. The number of oxime groups is 1. The maximum absolute atomic E-state index is 12.4. The summed E-state index contributed by atoms with van der Waals surface area (Å²) in [6.45, 7) is 0.982. The molecule has 8 nitrogen and oxygen atoms in total. The second-order valence-electron chi connectivity index (χ2n) is 5.48. The minimum Gasteiger partial charge on any atom is -0.387 e. The third kappa shape index (κ3) is 3.52. The van der Waals surface area contributed by atoms with Gasteiger partial charge in [0.05, 0.1) is 0 Å². The average molecular weight is 338 g/mol. The van der Waals surface area contributed by atoms with Crippen LogP contribution in [-0.4, -0.2) is 55.4 Å². The number of carbonyl (C=O) groups excluding carboxylic acids is 1. The SMILES string of the molecule is NS(=O)(=O)N1CCN(C(=O)C2=NO[C@H](c3ccccc3)C2)CC1. The van der Waals surface area contributed by atoms with Crippen LogP contribution in [0.2, 0.25) is 0 Å². The second kappa shape index (κ2) is 6.26. The summed E-state index contributed by atoms with van der Waals surface area (Å²) >= 11 is 0. The quantitative estimate of drug-likeness (QED) is 0.827. The fourth-order valence-electron chi connectivity index (χ4n) is 2.68. The predicted molar refractivity (Wildman–Crippen MR) is 83.6 cm³/mol. The highest BCUT2D eigenvalue weighted by atomic mass is 32.2. The van der Waals surface area contributed by atoms with Gasteiger partial charge in [-0.05, 0) is 5.56 Å². The van der Waals surface area contributed by atoms with Gasteiger partial charge in [-0.25, -0.2) is 5.14 Å². The van der Waals surface area contributed by atoms with Crippen LogP contribution in [0, 0.1) is 0 Å². The van der Waals surface area contributed by atoms with Crippen molar-refractivity contribution in [3.8, 4) is 0 Å². The first-order chi connectivity index (χ1) is 10.9. The van der Waals surface area contributed by atoms with E-state index >= 15 is 0 Å². The molecule has 2 aliphatic heterocycles. The summed E-state index contributed by atoms with van der Waals surface area (Å²) in [5.74, 6) is -0.211. The van der Waals surface area contributed by atoms with E-state index in [2.05, 4.69) is 5.16 Å². The molecule has 2 aliphatic rings. The minimum absolute atomic E-state index is 0.195. The number of nitrogens with zero attached hydrogens (tertiary/aromatic N) is 3. The van der Waals surface area contributed by atoms with Crippen molar-refractivity contribution in [3.63, 3.8) is 0 Å². The van der Waals surface area contributed by atoms with Crippen LogP contribution in [0.15, 0.2) is 35.5 Å². The van der Waals surface area contributed by atoms with E-state index in [1.54, 1.807) is 4.90 Å². The van der Waals surface area contributed by atoms with Crippen LogP contribution < -0.4 is 5.14 Å². The molecule has 0 radical (unpaired) electrons. The molecule has 1 saturated heterocycles. The Hall–Kier alpha value is -1.97. The summed E-state index contributed by atoms with van der Waals surface area (Å²) in [6.07, 6.45) is 0.166. The van der Waals surface area contributed by atoms with Gasteiger partial charge in [0, 0.05) is 32.6 Å². The zero-order chi connectivity index (χ0) is 16.4. The van der Waals surface area contributed by atoms with Gasteiger partial charge in [-0.2, -0.15) is 12.7 Å². The molecule has 2 N–H and O–H groups in total. The Balaban J connectivity index is 1.58. The van der Waals surface area contributed by atoms with Gasteiger partial charge in [-0.1, -0.05) is 35.5 Å². The maximum Gasteiger partial charge on any atom is 0.277 e. The smallest absolute Gasteiger partial charge is 0.277 e. The molecule has 0 spiro atoms. The molecule has 3 rings (SSSR count). The summed E-state index contributed by atoms with van der Waals surface area (Å²) in [7, 11) is -3.70. The molecule has 0 aliphatic carbocycles. The molecule has 1 aromatic rings. The predicted octanol–water partition coefficient (Wildman–Crippen LogP) is -0.148. The van der Waals surface area contributed by atoms with Gasteiger partial charge in [0.2, 0.25) is 0 Å². The molecule has 124 valence electrons. The van der Waals surface area contributed by atoms with E-state index in [4.69, 9.17) is 9.98 Å². The number of piperazine rings is 1. The van der Waals surface area contributed by atoms with Crippen LogP contribution in [0.4, 0.5) is 0 Å². The summed E-state index contributed by atoms with van der Waals surface area (Å²) in [6, 6.07) is 9.59. The molecular weight excluding hydrogens is 320 g/mol. The Kier molecular flexibility index (Phi) is 4.33. The zero-order valence-corrected chi connectivity index (χ0v) is 13.3. The Labute approximate surface area is 134 Å². The van der Waals surface area contributed by atoms with E-state index in [1.807, 2.05) is 30.3 Å². The van der Waals surface area contributed by atoms with Gasteiger partial charge in [0.25, 0.3) is 16.1 Å².